The van der Waals surface area contributed by atoms with Crippen LogP contribution in [0.25, 0.3) is 111 Å². The first-order valence-electron chi connectivity index (χ1n) is 21.2. The highest BCUT2D eigenvalue weighted by Crippen LogP contribution is 2.42. The van der Waals surface area contributed by atoms with Crippen LogP contribution in [0.3, 0.4) is 0 Å². The lowest BCUT2D eigenvalue weighted by Crippen LogP contribution is -2.00. The van der Waals surface area contributed by atoms with Crippen LogP contribution in [0.4, 0.5) is 0 Å². The highest BCUT2D eigenvalue weighted by molar-refractivity contribution is 6.15. The predicted molar refractivity (Wildman–Crippen MR) is 227 cm³/mol. The fourth-order valence-corrected chi connectivity index (χ4v) is 7.34. The molecule has 3 heterocycles. The summed E-state index contributed by atoms with van der Waals surface area (Å²) in [4.78, 5) is 14.8. The number of benzene rings is 8. The van der Waals surface area contributed by atoms with E-state index in [1.165, 1.54) is 0 Å². The zero-order chi connectivity index (χ0) is 42.2. The molecule has 262 valence electrons. The molecule has 0 spiro atoms. The summed E-state index contributed by atoms with van der Waals surface area (Å²) in [7, 11) is 0. The topological polar surface area (TPSA) is 65.0 Å². The van der Waals surface area contributed by atoms with E-state index in [-0.39, 0.29) is 75.1 Å². The minimum atomic E-state index is -0.382. The van der Waals surface area contributed by atoms with Crippen LogP contribution >= 0.6 is 0 Å². The summed E-state index contributed by atoms with van der Waals surface area (Å²) in [6.45, 7) is 0. The standard InChI is InChI=1S/C51H31N3O2/c1-3-13-32(14-4-1)34-17-9-19-36(29-34)49-52-50(37-20-10-18-35(30-37)33-15-5-2-6-16-33)54-51(53-49)38-27-28-40-42-23-12-25-44(48(42)56-46(40)31-38)43-24-11-22-41-39-21-7-8-26-45(39)55-47(41)43/h1-31H/i12D,23D,25D,27D,28D,31D. The van der Waals surface area contributed by atoms with Crippen LogP contribution in [0.1, 0.15) is 8.22 Å². The number of furan rings is 2. The number of hydrogen-bond donors (Lipinski definition) is 0. The van der Waals surface area contributed by atoms with Crippen molar-refractivity contribution in [2.24, 2.45) is 0 Å². The summed E-state index contributed by atoms with van der Waals surface area (Å²) >= 11 is 0. The lowest BCUT2D eigenvalue weighted by atomic mass is 10.00. The van der Waals surface area contributed by atoms with Crippen molar-refractivity contribution in [2.45, 2.75) is 0 Å². The first kappa shape index (κ1) is 26.2. The van der Waals surface area contributed by atoms with Gasteiger partial charge in [0.15, 0.2) is 17.5 Å². The van der Waals surface area contributed by atoms with Crippen LogP contribution in [-0.4, -0.2) is 15.0 Å². The number of para-hydroxylation sites is 3. The van der Waals surface area contributed by atoms with Crippen LogP contribution < -0.4 is 0 Å². The molecule has 5 heteroatoms. The third-order valence-corrected chi connectivity index (χ3v) is 10.0. The number of hydrogen-bond acceptors (Lipinski definition) is 5. The van der Waals surface area contributed by atoms with E-state index in [1.807, 2.05) is 146 Å². The Morgan fingerprint density at radius 1 is 0.357 bits per heavy atom. The molecule has 0 radical (unpaired) electrons. The van der Waals surface area contributed by atoms with Gasteiger partial charge in [-0.15, -0.1) is 0 Å². The molecule has 0 bridgehead atoms. The van der Waals surface area contributed by atoms with Crippen molar-refractivity contribution in [3.63, 3.8) is 0 Å². The Bertz CT molecular complexity index is 3510. The van der Waals surface area contributed by atoms with Gasteiger partial charge in [0, 0.05) is 49.4 Å². The first-order valence-corrected chi connectivity index (χ1v) is 18.2. The highest BCUT2D eigenvalue weighted by atomic mass is 16.3. The van der Waals surface area contributed by atoms with Crippen molar-refractivity contribution in [3.8, 4) is 67.5 Å². The smallest absolute Gasteiger partial charge is 0.164 e. The van der Waals surface area contributed by atoms with Gasteiger partial charge in [-0.3, -0.25) is 0 Å². The summed E-state index contributed by atoms with van der Waals surface area (Å²) in [5, 5.41) is 1.76. The van der Waals surface area contributed by atoms with Crippen molar-refractivity contribution in [1.82, 2.24) is 15.0 Å². The van der Waals surface area contributed by atoms with Crippen LogP contribution in [0, 0.1) is 0 Å². The SMILES string of the molecule is [2H]c1c([2H])c([2H])c2c(oc3c([2H])c(-c4nc(-c5cccc(-c6ccccc6)c5)nc(-c5cccc(-c6ccccc6)c5)n4)c([2H])c([2H])c32)c1-c1cccc2c1oc1ccccc12. The Morgan fingerprint density at radius 3 is 1.59 bits per heavy atom. The molecule has 8 aromatic carbocycles. The molecule has 0 N–H and O–H groups in total. The van der Waals surface area contributed by atoms with Crippen LogP contribution in [0.15, 0.2) is 197 Å². The van der Waals surface area contributed by atoms with E-state index in [4.69, 9.17) is 27.9 Å². The highest BCUT2D eigenvalue weighted by Gasteiger charge is 2.19. The zero-order valence-corrected chi connectivity index (χ0v) is 29.6. The van der Waals surface area contributed by atoms with Crippen molar-refractivity contribution >= 4 is 43.9 Å². The molecule has 0 saturated carbocycles. The van der Waals surface area contributed by atoms with Gasteiger partial charge in [0.25, 0.3) is 0 Å². The maximum Gasteiger partial charge on any atom is 0.164 e. The summed E-state index contributed by atoms with van der Waals surface area (Å²) in [5.74, 6) is 0.595. The van der Waals surface area contributed by atoms with Crippen molar-refractivity contribution in [2.75, 3.05) is 0 Å². The number of rotatable bonds is 6. The van der Waals surface area contributed by atoms with E-state index in [2.05, 4.69) is 0 Å². The van der Waals surface area contributed by atoms with E-state index < -0.39 is 0 Å². The normalized spacial score (nSPS) is 13.1. The fourth-order valence-electron chi connectivity index (χ4n) is 7.34. The zero-order valence-electron chi connectivity index (χ0n) is 35.6. The molecular weight excluding hydrogens is 687 g/mol. The molecule has 56 heavy (non-hydrogen) atoms. The predicted octanol–water partition coefficient (Wildman–Crippen LogP) is 13.7. The average molecular weight is 724 g/mol. The maximum absolute atomic E-state index is 9.68. The van der Waals surface area contributed by atoms with Gasteiger partial charge in [0.2, 0.25) is 0 Å². The summed E-state index contributed by atoms with van der Waals surface area (Å²) < 4.78 is 68.6. The number of aromatic nitrogens is 3. The fraction of sp³-hybridized carbons (Fsp3) is 0. The van der Waals surface area contributed by atoms with E-state index in [9.17, 15) is 4.11 Å². The van der Waals surface area contributed by atoms with Gasteiger partial charge in [-0.2, -0.15) is 0 Å². The number of nitrogens with zero attached hydrogens (tertiary/aromatic N) is 3. The Morgan fingerprint density at radius 2 is 0.893 bits per heavy atom. The molecule has 0 aliphatic carbocycles. The molecule has 3 aromatic heterocycles. The Labute approximate surface area is 330 Å². The third kappa shape index (κ3) is 5.45. The minimum Gasteiger partial charge on any atom is -0.455 e. The van der Waals surface area contributed by atoms with Crippen molar-refractivity contribution < 1.29 is 17.1 Å². The van der Waals surface area contributed by atoms with Crippen LogP contribution in [0.5, 0.6) is 0 Å². The average Bonchev–Trinajstić information content (AvgIpc) is 3.91. The molecule has 0 aliphatic rings. The van der Waals surface area contributed by atoms with Crippen molar-refractivity contribution in [1.29, 1.82) is 0 Å². The maximum atomic E-state index is 9.68. The third-order valence-electron chi connectivity index (χ3n) is 10.0. The molecular formula is C51H31N3O2. The van der Waals surface area contributed by atoms with Gasteiger partial charge in [0.05, 0.1) is 8.22 Å². The lowest BCUT2D eigenvalue weighted by Gasteiger charge is -2.10. The van der Waals surface area contributed by atoms with E-state index in [1.54, 1.807) is 6.07 Å². The second-order valence-electron chi connectivity index (χ2n) is 13.5. The van der Waals surface area contributed by atoms with Gasteiger partial charge in [-0.25, -0.2) is 15.0 Å². The molecule has 11 aromatic rings. The van der Waals surface area contributed by atoms with E-state index >= 15 is 0 Å². The van der Waals surface area contributed by atoms with Gasteiger partial charge in [-0.1, -0.05) is 158 Å². The Balaban J connectivity index is 1.16. The molecule has 0 saturated heterocycles. The molecule has 5 nitrogen and oxygen atoms in total. The largest absolute Gasteiger partial charge is 0.455 e. The van der Waals surface area contributed by atoms with Crippen molar-refractivity contribution in [3.05, 3.63) is 188 Å². The van der Waals surface area contributed by atoms with Crippen LogP contribution in [-0.2, 0) is 0 Å². The Kier molecular flexibility index (Phi) is 6.10. The lowest BCUT2D eigenvalue weighted by molar-refractivity contribution is 0.665. The van der Waals surface area contributed by atoms with Gasteiger partial charge in [0.1, 0.15) is 22.3 Å². The minimum absolute atomic E-state index is 0.00758. The molecule has 0 aliphatic heterocycles. The van der Waals surface area contributed by atoms with Gasteiger partial charge >= 0.3 is 0 Å². The van der Waals surface area contributed by atoms with Gasteiger partial charge < -0.3 is 8.83 Å². The first-order chi connectivity index (χ1) is 30.2. The van der Waals surface area contributed by atoms with Gasteiger partial charge in [-0.05, 0) is 52.5 Å². The molecule has 0 fully saturated rings. The van der Waals surface area contributed by atoms with E-state index in [0.29, 0.717) is 39.5 Å². The van der Waals surface area contributed by atoms with E-state index in [0.717, 1.165) is 33.0 Å². The second-order valence-corrected chi connectivity index (χ2v) is 13.5. The molecule has 11 rings (SSSR count). The number of fused-ring (bicyclic) bond motifs is 6. The molecule has 0 atom stereocenters. The summed E-state index contributed by atoms with van der Waals surface area (Å²) in [5.41, 5.74) is 6.93. The monoisotopic (exact) mass is 723 g/mol. The quantitative estimate of drug-likeness (QED) is 0.171. The summed E-state index contributed by atoms with van der Waals surface area (Å²) in [6.07, 6.45) is 0. The second kappa shape index (κ2) is 13.0. The molecule has 0 amide bonds. The Hall–Kier alpha value is -7.63. The van der Waals surface area contributed by atoms with Crippen LogP contribution in [0.2, 0.25) is 0 Å². The molecule has 0 unspecified atom stereocenters. The summed E-state index contributed by atoms with van der Waals surface area (Å²) in [6, 6.07) is 46.7.